The van der Waals surface area contributed by atoms with Crippen molar-refractivity contribution in [3.63, 3.8) is 0 Å². The van der Waals surface area contributed by atoms with Gasteiger partial charge in [0.15, 0.2) is 0 Å². The third-order valence-electron chi connectivity index (χ3n) is 24.6. The molecule has 0 aliphatic heterocycles. The Morgan fingerprint density at radius 1 is 0.131 bits per heavy atom. The van der Waals surface area contributed by atoms with Gasteiger partial charge in [-0.3, -0.25) is 0 Å². The summed E-state index contributed by atoms with van der Waals surface area (Å²) in [7, 11) is 0. The van der Waals surface area contributed by atoms with Crippen LogP contribution in [-0.2, 0) is 0 Å². The summed E-state index contributed by atoms with van der Waals surface area (Å²) in [6.07, 6.45) is 0. The molecule has 6 nitrogen and oxygen atoms in total. The molecule has 0 amide bonds. The maximum atomic E-state index is 2.40. The lowest BCUT2D eigenvalue weighted by molar-refractivity contribution is 1.17. The minimum Gasteiger partial charge on any atom is -0.311 e. The van der Waals surface area contributed by atoms with Gasteiger partial charge >= 0.3 is 0 Å². The summed E-state index contributed by atoms with van der Waals surface area (Å²) in [6, 6.07) is 172. The van der Waals surface area contributed by atoms with E-state index in [1.165, 1.54) is 153 Å². The normalized spacial score (nSPS) is 11.6. The number of rotatable bonds is 14. The van der Waals surface area contributed by atoms with Crippen LogP contribution in [0.2, 0.25) is 0 Å². The zero-order valence-electron chi connectivity index (χ0n) is 66.7. The summed E-state index contributed by atoms with van der Waals surface area (Å²) in [4.78, 5) is 4.68. The molecular formula is C116H78N6. The summed E-state index contributed by atoms with van der Waals surface area (Å²) >= 11 is 0. The highest BCUT2D eigenvalue weighted by molar-refractivity contribution is 6.15. The zero-order valence-corrected chi connectivity index (χ0v) is 66.7. The van der Waals surface area contributed by atoms with Gasteiger partial charge in [0, 0.05) is 100.0 Å². The zero-order chi connectivity index (χ0) is 80.6. The van der Waals surface area contributed by atoms with Crippen molar-refractivity contribution in [2.45, 2.75) is 0 Å². The molecule has 0 bridgehead atoms. The van der Waals surface area contributed by atoms with E-state index in [1.54, 1.807) is 0 Å². The molecule has 572 valence electrons. The number of fused-ring (bicyclic) bond motifs is 14. The van der Waals surface area contributed by atoms with Crippen LogP contribution in [0.4, 0.5) is 34.1 Å². The molecule has 0 spiro atoms. The quantitative estimate of drug-likeness (QED) is 0.108. The lowest BCUT2D eigenvalue weighted by atomic mass is 9.96. The Balaban J connectivity index is 0.000000142. The Morgan fingerprint density at radius 3 is 0.787 bits per heavy atom. The van der Waals surface area contributed by atoms with Crippen LogP contribution in [0, 0.1) is 0 Å². The standard InChI is InChI=1S/2C58H39N3/c1-3-16-44(17-4-1)59(47-32-34-48(35-33-47)61-55-24-11-9-21-51(55)52-22-10-12-25-56(52)61)46-30-26-40(27-31-46)42-28-36-57-53(38-42)54-39-43(50-23-13-15-41-14-7-8-20-49(41)50)29-37-58(54)60(57)45-18-5-2-6-19-45;1-3-15-46(16-4-1)59(49-31-33-50(34-32-49)61-55-21-11-9-19-51(55)52-20-10-12-22-56(52)61)48-29-25-41(26-30-48)44-27-35-57-53(38-44)54-39-45(43-24-23-40-13-7-8-14-42(40)37-43)28-36-58(54)60(57)47-17-5-2-6-18-47/h2*1-39H. The molecule has 4 heterocycles. The first kappa shape index (κ1) is 71.1. The molecule has 0 atom stereocenters. The highest BCUT2D eigenvalue weighted by Crippen LogP contribution is 2.45. The van der Waals surface area contributed by atoms with E-state index in [9.17, 15) is 0 Å². The Bertz CT molecular complexity index is 7970. The van der Waals surface area contributed by atoms with Crippen molar-refractivity contribution in [2.75, 3.05) is 9.80 Å². The third kappa shape index (κ3) is 12.4. The van der Waals surface area contributed by atoms with Gasteiger partial charge in [-0.1, -0.05) is 273 Å². The summed E-state index contributed by atoms with van der Waals surface area (Å²) in [5, 5.41) is 15.0. The second-order valence-electron chi connectivity index (χ2n) is 31.6. The van der Waals surface area contributed by atoms with Gasteiger partial charge in [0.05, 0.1) is 44.1 Å². The number of benzene rings is 20. The number of hydrogen-bond acceptors (Lipinski definition) is 2. The molecule has 0 aliphatic carbocycles. The smallest absolute Gasteiger partial charge is 0.0541 e. The Labute approximate surface area is 706 Å². The number of hydrogen-bond donors (Lipinski definition) is 0. The fraction of sp³-hybridized carbons (Fsp3) is 0. The van der Waals surface area contributed by atoms with Crippen LogP contribution in [0.3, 0.4) is 0 Å². The first-order valence-corrected chi connectivity index (χ1v) is 41.9. The van der Waals surface area contributed by atoms with Gasteiger partial charge in [0.1, 0.15) is 0 Å². The van der Waals surface area contributed by atoms with Crippen LogP contribution < -0.4 is 9.80 Å². The summed E-state index contributed by atoms with van der Waals surface area (Å²) in [5.74, 6) is 0. The average molecular weight is 1560 g/mol. The molecule has 4 aromatic heterocycles. The van der Waals surface area contributed by atoms with Gasteiger partial charge < -0.3 is 28.1 Å². The molecule has 6 heteroatoms. The van der Waals surface area contributed by atoms with Crippen LogP contribution >= 0.6 is 0 Å². The van der Waals surface area contributed by atoms with Crippen molar-refractivity contribution in [1.29, 1.82) is 0 Å². The minimum atomic E-state index is 1.10. The number of anilines is 6. The molecule has 0 aliphatic rings. The van der Waals surface area contributed by atoms with Crippen LogP contribution in [0.1, 0.15) is 0 Å². The topological polar surface area (TPSA) is 26.2 Å². The van der Waals surface area contributed by atoms with E-state index in [2.05, 4.69) is 501 Å². The molecule has 0 N–H and O–H groups in total. The number of aromatic nitrogens is 4. The van der Waals surface area contributed by atoms with Crippen LogP contribution in [0.25, 0.3) is 176 Å². The van der Waals surface area contributed by atoms with Crippen molar-refractivity contribution in [3.8, 4) is 67.3 Å². The largest absolute Gasteiger partial charge is 0.311 e. The predicted octanol–water partition coefficient (Wildman–Crippen LogP) is 31.7. The average Bonchev–Trinajstić information content (AvgIpc) is 1.59. The van der Waals surface area contributed by atoms with E-state index in [0.29, 0.717) is 0 Å². The molecule has 20 aromatic carbocycles. The summed E-state index contributed by atoms with van der Waals surface area (Å²) in [5.41, 5.74) is 30.4. The Hall–Kier alpha value is -16.3. The molecule has 0 radical (unpaired) electrons. The Kier molecular flexibility index (Phi) is 17.5. The minimum absolute atomic E-state index is 1.10. The maximum absolute atomic E-state index is 2.40. The first-order chi connectivity index (χ1) is 60.5. The van der Waals surface area contributed by atoms with Crippen molar-refractivity contribution in [1.82, 2.24) is 18.3 Å². The van der Waals surface area contributed by atoms with Gasteiger partial charge in [0.25, 0.3) is 0 Å². The van der Waals surface area contributed by atoms with E-state index in [1.807, 2.05) is 0 Å². The lowest BCUT2D eigenvalue weighted by Crippen LogP contribution is -2.10. The maximum Gasteiger partial charge on any atom is 0.0541 e. The highest BCUT2D eigenvalue weighted by Gasteiger charge is 2.23. The van der Waals surface area contributed by atoms with Crippen LogP contribution in [-0.4, -0.2) is 18.3 Å². The molecule has 24 aromatic rings. The highest BCUT2D eigenvalue weighted by atomic mass is 15.2. The SMILES string of the molecule is c1ccc(N(c2ccc(-c3ccc4c(c3)c3cc(-c5ccc6ccccc6c5)ccc3n4-c3ccccc3)cc2)c2ccc(-n3c4ccccc4c4ccccc43)cc2)cc1.c1ccc(N(c2ccc(-c3ccc4c(c3)c3cc(-c5cccc6ccccc56)ccc3n4-c3ccccc3)cc2)c2ccc(-n3c4ccccc4c4ccccc43)cc2)cc1. The van der Waals surface area contributed by atoms with Crippen LogP contribution in [0.5, 0.6) is 0 Å². The van der Waals surface area contributed by atoms with E-state index in [4.69, 9.17) is 0 Å². The first-order valence-electron chi connectivity index (χ1n) is 41.9. The van der Waals surface area contributed by atoms with E-state index >= 15 is 0 Å². The third-order valence-corrected chi connectivity index (χ3v) is 24.6. The lowest BCUT2D eigenvalue weighted by Gasteiger charge is -2.26. The molecule has 0 saturated heterocycles. The molecular weight excluding hydrogens is 1480 g/mol. The van der Waals surface area contributed by atoms with Crippen molar-refractivity contribution < 1.29 is 0 Å². The predicted molar refractivity (Wildman–Crippen MR) is 516 cm³/mol. The van der Waals surface area contributed by atoms with Gasteiger partial charge in [0.2, 0.25) is 0 Å². The van der Waals surface area contributed by atoms with Crippen molar-refractivity contribution in [3.05, 3.63) is 473 Å². The molecule has 0 unspecified atom stereocenters. The molecule has 24 rings (SSSR count). The van der Waals surface area contributed by atoms with Gasteiger partial charge in [-0.2, -0.15) is 0 Å². The second kappa shape index (κ2) is 30.0. The second-order valence-corrected chi connectivity index (χ2v) is 31.6. The molecule has 0 saturated carbocycles. The fourth-order valence-corrected chi connectivity index (χ4v) is 18.9. The van der Waals surface area contributed by atoms with E-state index in [-0.39, 0.29) is 0 Å². The van der Waals surface area contributed by atoms with E-state index in [0.717, 1.165) is 56.9 Å². The molecule has 122 heavy (non-hydrogen) atoms. The van der Waals surface area contributed by atoms with Crippen LogP contribution in [0.15, 0.2) is 473 Å². The molecule has 0 fully saturated rings. The van der Waals surface area contributed by atoms with E-state index < -0.39 is 0 Å². The number of para-hydroxylation sites is 8. The van der Waals surface area contributed by atoms with Gasteiger partial charge in [-0.15, -0.1) is 0 Å². The summed E-state index contributed by atoms with van der Waals surface area (Å²) in [6.45, 7) is 0. The number of nitrogens with zero attached hydrogens (tertiary/aromatic N) is 6. The monoisotopic (exact) mass is 1550 g/mol. The van der Waals surface area contributed by atoms with Crippen molar-refractivity contribution >= 4 is 143 Å². The van der Waals surface area contributed by atoms with Gasteiger partial charge in [-0.25, -0.2) is 0 Å². The Morgan fingerprint density at radius 2 is 0.385 bits per heavy atom. The van der Waals surface area contributed by atoms with Crippen molar-refractivity contribution in [2.24, 2.45) is 0 Å². The fourth-order valence-electron chi connectivity index (χ4n) is 18.9. The summed E-state index contributed by atoms with van der Waals surface area (Å²) < 4.78 is 9.53. The van der Waals surface area contributed by atoms with Gasteiger partial charge in [-0.05, 0) is 266 Å².